The topological polar surface area (TPSA) is 84.7 Å². The first kappa shape index (κ1) is 17.9. The second kappa shape index (κ2) is 7.24. The summed E-state index contributed by atoms with van der Waals surface area (Å²) in [5.74, 6) is -0.0531. The quantitative estimate of drug-likeness (QED) is 0.369. The summed E-state index contributed by atoms with van der Waals surface area (Å²) in [5.41, 5.74) is 1.19. The first-order valence-corrected chi connectivity index (χ1v) is 7.92. The normalized spacial score (nSPS) is 12.6. The predicted molar refractivity (Wildman–Crippen MR) is 74.0 cm³/mol. The van der Waals surface area contributed by atoms with Gasteiger partial charge in [-0.2, -0.15) is 14.0 Å². The van der Waals surface area contributed by atoms with E-state index >= 15 is 0 Å². The molecule has 8 heteroatoms. The maximum Gasteiger partial charge on any atom is 0.371 e. The summed E-state index contributed by atoms with van der Waals surface area (Å²) in [5, 5.41) is 0. The summed E-state index contributed by atoms with van der Waals surface area (Å²) in [7, 11) is 2.19. The number of rotatable bonds is 5. The molecule has 0 heterocycles. The molecule has 1 aromatic rings. The van der Waals surface area contributed by atoms with Gasteiger partial charge in [-0.15, -0.1) is 0 Å². The number of nitrogens with zero attached hydrogens (tertiary/aromatic N) is 2. The Kier molecular flexibility index (Phi) is 6.18. The first-order chi connectivity index (χ1) is 9.60. The van der Waals surface area contributed by atoms with Crippen molar-refractivity contribution < 1.29 is 33.1 Å². The molecular formula is C13H17BrClN2O4+. The van der Waals surface area contributed by atoms with E-state index in [4.69, 9.17) is 0 Å². The van der Waals surface area contributed by atoms with Gasteiger partial charge in [-0.05, 0) is 22.0 Å². The molecule has 0 N–H and O–H groups in total. The van der Waals surface area contributed by atoms with Crippen LogP contribution >= 0.6 is 15.9 Å². The molecule has 1 aromatic carbocycles. The van der Waals surface area contributed by atoms with Crippen LogP contribution in [0.25, 0.3) is 5.57 Å². The Bertz CT molecular complexity index is 546. The number of hydrogen-bond donors (Lipinski definition) is 0. The third-order valence-electron chi connectivity index (χ3n) is 2.35. The van der Waals surface area contributed by atoms with Crippen LogP contribution < -0.4 is 14.0 Å². The van der Waals surface area contributed by atoms with Crippen LogP contribution in [0.4, 0.5) is 0 Å². The van der Waals surface area contributed by atoms with Crippen LogP contribution in [0.1, 0.15) is 5.56 Å². The van der Waals surface area contributed by atoms with Gasteiger partial charge in [0, 0.05) is 18.6 Å². The van der Waals surface area contributed by atoms with Crippen molar-refractivity contribution in [1.82, 2.24) is 4.90 Å². The van der Waals surface area contributed by atoms with Crippen molar-refractivity contribution in [2.75, 3.05) is 28.2 Å². The maximum atomic E-state index is 10.9. The average Bonchev–Trinajstić information content (AvgIpc) is 2.33. The van der Waals surface area contributed by atoms with E-state index in [0.717, 1.165) is 10.0 Å². The molecule has 116 valence electrons. The fourth-order valence-electron chi connectivity index (χ4n) is 1.58. The van der Waals surface area contributed by atoms with Gasteiger partial charge in [0.2, 0.25) is 0 Å². The molecule has 6 nitrogen and oxygen atoms in total. The molecule has 0 amide bonds. The van der Waals surface area contributed by atoms with Crippen molar-refractivity contribution in [3.63, 3.8) is 0 Å². The highest BCUT2D eigenvalue weighted by molar-refractivity contribution is 9.10. The van der Waals surface area contributed by atoms with Gasteiger partial charge < -0.3 is 4.90 Å². The van der Waals surface area contributed by atoms with E-state index in [-0.39, 0.29) is 5.88 Å². The molecule has 0 aliphatic carbocycles. The van der Waals surface area contributed by atoms with Crippen molar-refractivity contribution >= 4 is 27.7 Å². The molecule has 0 spiro atoms. The van der Waals surface area contributed by atoms with Gasteiger partial charge >= 0.3 is 5.88 Å². The Hall–Kier alpha value is -1.12. The molecule has 0 saturated carbocycles. The van der Waals surface area contributed by atoms with Gasteiger partial charge in [0.05, 0.1) is 0 Å². The molecule has 21 heavy (non-hydrogen) atoms. The number of halogens is 2. The molecule has 0 aromatic heterocycles. The van der Waals surface area contributed by atoms with Crippen molar-refractivity contribution in [2.45, 2.75) is 0 Å². The largest absolute Gasteiger partial charge is 0.371 e. The second-order valence-electron chi connectivity index (χ2n) is 4.67. The van der Waals surface area contributed by atoms with Gasteiger partial charge in [0.25, 0.3) is 0 Å². The summed E-state index contributed by atoms with van der Waals surface area (Å²) < 4.78 is 40.0. The van der Waals surface area contributed by atoms with Crippen LogP contribution in [0.2, 0.25) is 0 Å². The van der Waals surface area contributed by atoms with E-state index in [1.807, 2.05) is 12.1 Å². The highest BCUT2D eigenvalue weighted by atomic mass is 79.9. The summed E-state index contributed by atoms with van der Waals surface area (Å²) in [6.07, 6.45) is 1.68. The minimum Gasteiger partial charge on any atom is -0.335 e. The van der Waals surface area contributed by atoms with Crippen LogP contribution in [-0.2, 0) is 4.29 Å². The van der Waals surface area contributed by atoms with Crippen molar-refractivity contribution in [2.24, 2.45) is 0 Å². The van der Waals surface area contributed by atoms with Crippen LogP contribution in [0, 0.1) is 10.2 Å². The van der Waals surface area contributed by atoms with E-state index in [1.54, 1.807) is 51.1 Å². The van der Waals surface area contributed by atoms with Gasteiger partial charge in [-0.25, -0.2) is 4.58 Å². The smallest absolute Gasteiger partial charge is 0.335 e. The summed E-state index contributed by atoms with van der Waals surface area (Å²) in [6, 6.07) is 7.21. The summed E-state index contributed by atoms with van der Waals surface area (Å²) in [6.45, 7) is 0. The Morgan fingerprint density at radius 3 is 2.10 bits per heavy atom. The molecule has 0 radical (unpaired) electrons. The Balaban J connectivity index is 3.47. The monoisotopic (exact) mass is 379 g/mol. The van der Waals surface area contributed by atoms with Gasteiger partial charge in [-0.1, -0.05) is 28.1 Å². The molecular weight excluding hydrogens is 364 g/mol. The second-order valence-corrected chi connectivity index (χ2v) is 6.49. The van der Waals surface area contributed by atoms with Crippen LogP contribution in [0.5, 0.6) is 0 Å². The zero-order valence-electron chi connectivity index (χ0n) is 12.2. The molecule has 0 bridgehead atoms. The SMILES string of the molecule is CN(C)C(O[Cl+3]([O-])([O-])[O-])=C(C=[N+](C)C)c1ccc(Br)cc1. The lowest BCUT2D eigenvalue weighted by Gasteiger charge is -2.19. The summed E-state index contributed by atoms with van der Waals surface area (Å²) in [4.78, 5) is 1.43. The molecule has 0 saturated heterocycles. The standard InChI is InChI=1S/C13H17BrClN2O4/c1-16(2)9-12(10-5-7-11(14)8-6-10)13(17(3)4)21-15(18,19)20/h5-9H,1-4H3/q+1. The molecule has 0 fully saturated rings. The molecule has 0 unspecified atom stereocenters. The lowest BCUT2D eigenvalue weighted by Crippen LogP contribution is -2.61. The van der Waals surface area contributed by atoms with E-state index in [9.17, 15) is 14.0 Å². The van der Waals surface area contributed by atoms with Gasteiger partial charge in [0.15, 0.2) is 6.21 Å². The fourth-order valence-corrected chi connectivity index (χ4v) is 2.25. The number of benzene rings is 1. The Labute approximate surface area is 134 Å². The van der Waals surface area contributed by atoms with Gasteiger partial charge in [-0.3, -0.25) is 0 Å². The Morgan fingerprint density at radius 2 is 1.71 bits per heavy atom. The van der Waals surface area contributed by atoms with Crippen LogP contribution in [-0.4, -0.2) is 43.9 Å². The zero-order chi connectivity index (χ0) is 16.2. The maximum absolute atomic E-state index is 10.9. The van der Waals surface area contributed by atoms with E-state index in [0.29, 0.717) is 5.57 Å². The highest BCUT2D eigenvalue weighted by Gasteiger charge is 2.29. The fraction of sp³-hybridized carbons (Fsp3) is 0.308. The predicted octanol–water partition coefficient (Wildman–Crippen LogP) is -1.06. The lowest BCUT2D eigenvalue weighted by molar-refractivity contribution is -1.92. The van der Waals surface area contributed by atoms with E-state index in [2.05, 4.69) is 20.2 Å². The highest BCUT2D eigenvalue weighted by Crippen LogP contribution is 2.23. The number of hydrogen-bond acceptors (Lipinski definition) is 5. The van der Waals surface area contributed by atoms with E-state index < -0.39 is 10.2 Å². The molecule has 0 atom stereocenters. The average molecular weight is 381 g/mol. The third-order valence-corrected chi connectivity index (χ3v) is 3.21. The Morgan fingerprint density at radius 1 is 1.19 bits per heavy atom. The first-order valence-electron chi connectivity index (χ1n) is 5.89. The lowest BCUT2D eigenvalue weighted by atomic mass is 10.1. The molecule has 0 aliphatic rings. The van der Waals surface area contributed by atoms with Crippen molar-refractivity contribution in [3.8, 4) is 0 Å². The van der Waals surface area contributed by atoms with E-state index in [1.165, 1.54) is 4.90 Å². The minimum atomic E-state index is -4.57. The van der Waals surface area contributed by atoms with Gasteiger partial charge in [0.1, 0.15) is 29.9 Å². The summed E-state index contributed by atoms with van der Waals surface area (Å²) >= 11 is 3.33. The van der Waals surface area contributed by atoms with Crippen molar-refractivity contribution in [3.05, 3.63) is 40.2 Å². The number of allylic oxidation sites excluding steroid dienone is 1. The van der Waals surface area contributed by atoms with Crippen LogP contribution in [0.3, 0.4) is 0 Å². The van der Waals surface area contributed by atoms with Crippen molar-refractivity contribution in [1.29, 1.82) is 0 Å². The minimum absolute atomic E-state index is 0.0531. The van der Waals surface area contributed by atoms with Crippen LogP contribution in [0.15, 0.2) is 34.6 Å². The molecule has 1 rings (SSSR count). The third kappa shape index (κ3) is 6.03. The zero-order valence-corrected chi connectivity index (χ0v) is 14.5. The molecule has 0 aliphatic heterocycles.